The van der Waals surface area contributed by atoms with Crippen molar-refractivity contribution < 1.29 is 19.6 Å². The van der Waals surface area contributed by atoms with E-state index in [1.165, 1.54) is 18.2 Å². The molecule has 0 unspecified atom stereocenters. The van der Waals surface area contributed by atoms with Gasteiger partial charge in [-0.2, -0.15) is 0 Å². The van der Waals surface area contributed by atoms with Gasteiger partial charge < -0.3 is 15.7 Å². The summed E-state index contributed by atoms with van der Waals surface area (Å²) in [5.41, 5.74) is 0.461. The highest BCUT2D eigenvalue weighted by Crippen LogP contribution is 2.31. The fourth-order valence-corrected chi connectivity index (χ4v) is 1.94. The number of carboxylic acids is 1. The average Bonchev–Trinajstić information content (AvgIpc) is 3.27. The Morgan fingerprint density at radius 2 is 2.09 bits per heavy atom. The van der Waals surface area contributed by atoms with Crippen molar-refractivity contribution in [2.24, 2.45) is 0 Å². The highest BCUT2D eigenvalue weighted by atomic mass is 16.6. The van der Waals surface area contributed by atoms with E-state index < -0.39 is 16.8 Å². The second kappa shape index (κ2) is 6.88. The molecule has 3 N–H and O–H groups in total. The maximum atomic E-state index is 11.9. The van der Waals surface area contributed by atoms with E-state index in [1.54, 1.807) is 0 Å². The van der Waals surface area contributed by atoms with Gasteiger partial charge in [0.25, 0.3) is 11.6 Å². The van der Waals surface area contributed by atoms with Crippen molar-refractivity contribution in [2.45, 2.75) is 31.7 Å². The van der Waals surface area contributed by atoms with E-state index in [2.05, 4.69) is 10.6 Å². The van der Waals surface area contributed by atoms with Crippen molar-refractivity contribution in [2.75, 3.05) is 11.9 Å². The summed E-state index contributed by atoms with van der Waals surface area (Å²) in [5, 5.41) is 25.2. The number of carbonyl (C=O) groups is 2. The van der Waals surface area contributed by atoms with E-state index >= 15 is 0 Å². The molecule has 0 spiro atoms. The Bertz CT molecular complexity index is 598. The number of nitrogens with one attached hydrogen (secondary N) is 2. The van der Waals surface area contributed by atoms with Gasteiger partial charge in [-0.1, -0.05) is 0 Å². The molecule has 0 radical (unpaired) electrons. The van der Waals surface area contributed by atoms with Crippen LogP contribution in [-0.4, -0.2) is 34.5 Å². The SMILES string of the molecule is O=C(O)CCCNC(=O)c1ccc(NC2CC2)c([N+](=O)[O-])c1. The van der Waals surface area contributed by atoms with Crippen LogP contribution in [-0.2, 0) is 4.79 Å². The number of anilines is 1. The lowest BCUT2D eigenvalue weighted by atomic mass is 10.1. The minimum absolute atomic E-state index is 0.0370. The Morgan fingerprint density at radius 1 is 1.36 bits per heavy atom. The monoisotopic (exact) mass is 307 g/mol. The zero-order chi connectivity index (χ0) is 16.1. The number of carbonyl (C=O) groups excluding carboxylic acids is 1. The first-order valence-electron chi connectivity index (χ1n) is 7.02. The van der Waals surface area contributed by atoms with Crippen molar-refractivity contribution >= 4 is 23.3 Å². The molecule has 1 aliphatic carbocycles. The van der Waals surface area contributed by atoms with Gasteiger partial charge in [-0.05, 0) is 31.4 Å². The third-order valence-electron chi connectivity index (χ3n) is 3.25. The maximum Gasteiger partial charge on any atom is 0.303 e. The molecule has 1 fully saturated rings. The van der Waals surface area contributed by atoms with E-state index in [9.17, 15) is 19.7 Å². The molecule has 0 saturated heterocycles. The molecule has 22 heavy (non-hydrogen) atoms. The van der Waals surface area contributed by atoms with Crippen molar-refractivity contribution in [3.8, 4) is 0 Å². The standard InChI is InChI=1S/C14H17N3O5/c18-13(19)2-1-7-15-14(20)9-3-6-11(16-10-4-5-10)12(8-9)17(21)22/h3,6,8,10,16H,1-2,4-5,7H2,(H,15,20)(H,18,19). The number of benzene rings is 1. The van der Waals surface area contributed by atoms with Crippen LogP contribution >= 0.6 is 0 Å². The topological polar surface area (TPSA) is 122 Å². The van der Waals surface area contributed by atoms with Crippen LogP contribution in [0.1, 0.15) is 36.0 Å². The molecule has 1 aromatic rings. The van der Waals surface area contributed by atoms with Gasteiger partial charge in [0, 0.05) is 30.6 Å². The molecule has 0 aromatic heterocycles. The number of amides is 1. The number of carboxylic acid groups (broad SMARTS) is 1. The van der Waals surface area contributed by atoms with Gasteiger partial charge in [0.15, 0.2) is 0 Å². The summed E-state index contributed by atoms with van der Waals surface area (Å²) in [6, 6.07) is 4.55. The maximum absolute atomic E-state index is 11.9. The summed E-state index contributed by atoms with van der Waals surface area (Å²) >= 11 is 0. The average molecular weight is 307 g/mol. The van der Waals surface area contributed by atoms with Crippen LogP contribution in [0.3, 0.4) is 0 Å². The van der Waals surface area contributed by atoms with Crippen molar-refractivity contribution in [1.82, 2.24) is 5.32 Å². The van der Waals surface area contributed by atoms with E-state index in [0.717, 1.165) is 12.8 Å². The van der Waals surface area contributed by atoms with Crippen LogP contribution in [0.2, 0.25) is 0 Å². The zero-order valence-electron chi connectivity index (χ0n) is 11.9. The van der Waals surface area contributed by atoms with Crippen LogP contribution < -0.4 is 10.6 Å². The number of nitro benzene ring substituents is 1. The molecule has 8 heteroatoms. The van der Waals surface area contributed by atoms with E-state index in [0.29, 0.717) is 12.1 Å². The third kappa shape index (κ3) is 4.44. The first-order chi connectivity index (χ1) is 10.5. The molecule has 0 atom stereocenters. The zero-order valence-corrected chi connectivity index (χ0v) is 11.9. The van der Waals surface area contributed by atoms with Crippen molar-refractivity contribution in [3.05, 3.63) is 33.9 Å². The largest absolute Gasteiger partial charge is 0.481 e. The van der Waals surface area contributed by atoms with Gasteiger partial charge in [0.1, 0.15) is 5.69 Å². The van der Waals surface area contributed by atoms with Gasteiger partial charge in [-0.25, -0.2) is 0 Å². The number of nitro groups is 1. The summed E-state index contributed by atoms with van der Waals surface area (Å²) < 4.78 is 0. The predicted octanol–water partition coefficient (Wildman–Crippen LogP) is 1.76. The van der Waals surface area contributed by atoms with Crippen LogP contribution in [0.5, 0.6) is 0 Å². The molecule has 0 aliphatic heterocycles. The molecule has 1 aliphatic rings. The number of aliphatic carboxylic acids is 1. The lowest BCUT2D eigenvalue weighted by Crippen LogP contribution is -2.25. The molecule has 8 nitrogen and oxygen atoms in total. The van der Waals surface area contributed by atoms with Crippen LogP contribution in [0, 0.1) is 10.1 Å². The Balaban J connectivity index is 2.00. The molecule has 118 valence electrons. The summed E-state index contributed by atoms with van der Waals surface area (Å²) in [6.07, 6.45) is 2.25. The van der Waals surface area contributed by atoms with Gasteiger partial charge in [0.05, 0.1) is 4.92 Å². The van der Waals surface area contributed by atoms with Gasteiger partial charge in [0.2, 0.25) is 0 Å². The third-order valence-corrected chi connectivity index (χ3v) is 3.25. The van der Waals surface area contributed by atoms with E-state index in [1.807, 2.05) is 0 Å². The van der Waals surface area contributed by atoms with E-state index in [4.69, 9.17) is 5.11 Å². The molecule has 1 amide bonds. The number of hydrogen-bond donors (Lipinski definition) is 3. The Labute approximate surface area is 126 Å². The molecular formula is C14H17N3O5. The Morgan fingerprint density at radius 3 is 2.68 bits per heavy atom. The summed E-state index contributed by atoms with van der Waals surface area (Å²) in [6.45, 7) is 0.209. The fraction of sp³-hybridized carbons (Fsp3) is 0.429. The molecule has 0 heterocycles. The van der Waals surface area contributed by atoms with E-state index in [-0.39, 0.29) is 30.3 Å². The Kier molecular flexibility index (Phi) is 4.92. The van der Waals surface area contributed by atoms with Gasteiger partial charge >= 0.3 is 5.97 Å². The molecule has 2 rings (SSSR count). The normalized spacial score (nSPS) is 13.5. The highest BCUT2D eigenvalue weighted by molar-refractivity contribution is 5.95. The molecular weight excluding hydrogens is 290 g/mol. The van der Waals surface area contributed by atoms with Crippen LogP contribution in [0.25, 0.3) is 0 Å². The minimum atomic E-state index is -0.930. The number of nitrogens with zero attached hydrogens (tertiary/aromatic N) is 1. The summed E-state index contributed by atoms with van der Waals surface area (Å²) in [5.74, 6) is -1.38. The molecule has 1 aromatic carbocycles. The number of hydrogen-bond acceptors (Lipinski definition) is 5. The minimum Gasteiger partial charge on any atom is -0.481 e. The molecule has 0 bridgehead atoms. The quantitative estimate of drug-likeness (QED) is 0.382. The second-order valence-electron chi connectivity index (χ2n) is 5.16. The predicted molar refractivity (Wildman–Crippen MR) is 78.9 cm³/mol. The smallest absolute Gasteiger partial charge is 0.303 e. The van der Waals surface area contributed by atoms with Crippen LogP contribution in [0.4, 0.5) is 11.4 Å². The number of rotatable bonds is 8. The summed E-state index contributed by atoms with van der Waals surface area (Å²) in [4.78, 5) is 32.9. The lowest BCUT2D eigenvalue weighted by molar-refractivity contribution is -0.384. The first-order valence-corrected chi connectivity index (χ1v) is 7.02. The van der Waals surface area contributed by atoms with Crippen molar-refractivity contribution in [3.63, 3.8) is 0 Å². The summed E-state index contributed by atoms with van der Waals surface area (Å²) in [7, 11) is 0. The van der Waals surface area contributed by atoms with Crippen molar-refractivity contribution in [1.29, 1.82) is 0 Å². The Hall–Kier alpha value is -2.64. The second-order valence-corrected chi connectivity index (χ2v) is 5.16. The van der Waals surface area contributed by atoms with Gasteiger partial charge in [-0.15, -0.1) is 0 Å². The fourth-order valence-electron chi connectivity index (χ4n) is 1.94. The highest BCUT2D eigenvalue weighted by Gasteiger charge is 2.25. The van der Waals surface area contributed by atoms with Crippen LogP contribution in [0.15, 0.2) is 18.2 Å². The first kappa shape index (κ1) is 15.7. The lowest BCUT2D eigenvalue weighted by Gasteiger charge is -2.08. The van der Waals surface area contributed by atoms with Gasteiger partial charge in [-0.3, -0.25) is 19.7 Å². The molecule has 1 saturated carbocycles.